The zero-order chi connectivity index (χ0) is 18.1. The van der Waals surface area contributed by atoms with Gasteiger partial charge in [-0.25, -0.2) is 14.2 Å². The van der Waals surface area contributed by atoms with E-state index in [9.17, 15) is 9.18 Å². The third-order valence-corrected chi connectivity index (χ3v) is 5.10. The molecule has 1 N–H and O–H groups in total. The van der Waals surface area contributed by atoms with E-state index in [1.807, 2.05) is 17.7 Å². The fourth-order valence-corrected chi connectivity index (χ4v) is 3.72. The van der Waals surface area contributed by atoms with Gasteiger partial charge in [-0.15, -0.1) is 11.3 Å². The van der Waals surface area contributed by atoms with Crippen LogP contribution in [0.5, 0.6) is 0 Å². The molecule has 0 saturated heterocycles. The number of carbonyl (C=O) groups is 1. The van der Waals surface area contributed by atoms with Crippen molar-refractivity contribution in [3.8, 4) is 0 Å². The number of hydrogen-bond acceptors (Lipinski definition) is 3. The summed E-state index contributed by atoms with van der Waals surface area (Å²) in [6.45, 7) is 2.46. The molecule has 0 fully saturated rings. The number of urea groups is 1. The molecule has 0 atom stereocenters. The van der Waals surface area contributed by atoms with E-state index >= 15 is 0 Å². The Bertz CT molecular complexity index is 1050. The number of thiazole rings is 1. The molecule has 1 aromatic heterocycles. The Balaban J connectivity index is 1.56. The van der Waals surface area contributed by atoms with Crippen molar-refractivity contribution >= 4 is 38.8 Å². The van der Waals surface area contributed by atoms with E-state index in [0.29, 0.717) is 6.54 Å². The third-order valence-electron chi connectivity index (χ3n) is 4.30. The first kappa shape index (κ1) is 16.5. The van der Waals surface area contributed by atoms with Gasteiger partial charge in [0, 0.05) is 6.20 Å². The van der Waals surface area contributed by atoms with Gasteiger partial charge in [0.25, 0.3) is 0 Å². The molecule has 0 aliphatic carbocycles. The maximum atomic E-state index is 13.8. The van der Waals surface area contributed by atoms with Crippen LogP contribution in [0.15, 0.2) is 60.3 Å². The summed E-state index contributed by atoms with van der Waals surface area (Å²) >= 11 is 1.61. The van der Waals surface area contributed by atoms with Crippen LogP contribution < -0.4 is 5.32 Å². The number of amides is 2. The largest absolute Gasteiger partial charge is 0.326 e. The molecule has 0 bridgehead atoms. The van der Waals surface area contributed by atoms with Gasteiger partial charge in [-0.2, -0.15) is 0 Å². The van der Waals surface area contributed by atoms with Gasteiger partial charge in [0.05, 0.1) is 28.0 Å². The molecule has 4 rings (SSSR count). The monoisotopic (exact) mass is 365 g/mol. The fourth-order valence-electron chi connectivity index (χ4n) is 2.97. The number of fused-ring (bicyclic) bond motifs is 1. The van der Waals surface area contributed by atoms with Crippen LogP contribution in [0, 0.1) is 12.7 Å². The van der Waals surface area contributed by atoms with Crippen molar-refractivity contribution in [3.63, 3.8) is 0 Å². The summed E-state index contributed by atoms with van der Waals surface area (Å²) in [7, 11) is 0. The van der Waals surface area contributed by atoms with Gasteiger partial charge in [0.1, 0.15) is 5.82 Å². The van der Waals surface area contributed by atoms with Crippen LogP contribution in [-0.2, 0) is 0 Å². The molecule has 0 saturated carbocycles. The molecule has 0 unspecified atom stereocenters. The minimum absolute atomic E-state index is 0.169. The number of halogens is 1. The molecule has 4 nitrogen and oxygen atoms in total. The maximum absolute atomic E-state index is 13.8. The fraction of sp³-hybridized carbons (Fsp3) is 0.100. The Kier molecular flexibility index (Phi) is 4.26. The summed E-state index contributed by atoms with van der Waals surface area (Å²) < 4.78 is 14.9. The molecule has 0 radical (unpaired) electrons. The second-order valence-corrected chi connectivity index (χ2v) is 6.94. The van der Waals surface area contributed by atoms with E-state index in [2.05, 4.69) is 29.4 Å². The Morgan fingerprint density at radius 1 is 1.31 bits per heavy atom. The normalized spacial score (nSPS) is 13.8. The molecule has 2 amide bonds. The molecule has 1 aliphatic heterocycles. The van der Waals surface area contributed by atoms with E-state index < -0.39 is 5.82 Å². The molecule has 0 spiro atoms. The molecule has 2 heterocycles. The number of benzene rings is 2. The van der Waals surface area contributed by atoms with Gasteiger partial charge in [0.2, 0.25) is 0 Å². The first-order chi connectivity index (χ1) is 12.6. The molecular weight excluding hydrogens is 349 g/mol. The summed E-state index contributed by atoms with van der Waals surface area (Å²) in [4.78, 5) is 18.4. The van der Waals surface area contributed by atoms with Crippen LogP contribution >= 0.6 is 11.3 Å². The SMILES string of the molecule is Cc1cc2scnc2cc1C1=CC=CN(C(=O)Nc2ccccc2F)C1. The van der Waals surface area contributed by atoms with Crippen LogP contribution in [0.1, 0.15) is 11.1 Å². The first-order valence-corrected chi connectivity index (χ1v) is 9.03. The number of allylic oxidation sites excluding steroid dienone is 2. The molecule has 130 valence electrons. The lowest BCUT2D eigenvalue weighted by Gasteiger charge is -2.24. The summed E-state index contributed by atoms with van der Waals surface area (Å²) in [5.74, 6) is -0.456. The first-order valence-electron chi connectivity index (χ1n) is 8.15. The standard InChI is InChI=1S/C20H16FN3OS/c1-13-9-19-18(22-12-26-19)10-15(13)14-5-4-8-24(11-14)20(25)23-17-7-3-2-6-16(17)21/h2-10,12H,11H2,1H3,(H,23,25). The second kappa shape index (κ2) is 6.72. The highest BCUT2D eigenvalue weighted by molar-refractivity contribution is 7.16. The van der Waals surface area contributed by atoms with Crippen LogP contribution in [0.3, 0.4) is 0 Å². The minimum atomic E-state index is -0.456. The van der Waals surface area contributed by atoms with Gasteiger partial charge in [-0.05, 0) is 54.0 Å². The lowest BCUT2D eigenvalue weighted by Crippen LogP contribution is -2.33. The number of rotatable bonds is 2. The lowest BCUT2D eigenvalue weighted by atomic mass is 9.98. The Labute approximate surface area is 154 Å². The lowest BCUT2D eigenvalue weighted by molar-refractivity contribution is 0.232. The van der Waals surface area contributed by atoms with E-state index in [1.54, 1.807) is 29.7 Å². The predicted octanol–water partition coefficient (Wildman–Crippen LogP) is 5.19. The van der Waals surface area contributed by atoms with Gasteiger partial charge >= 0.3 is 6.03 Å². The molecule has 1 aliphatic rings. The highest BCUT2D eigenvalue weighted by Crippen LogP contribution is 2.29. The van der Waals surface area contributed by atoms with Crippen LogP contribution in [0.25, 0.3) is 15.8 Å². The number of hydrogen-bond donors (Lipinski definition) is 1. The van der Waals surface area contributed by atoms with Crippen molar-refractivity contribution in [3.05, 3.63) is 77.2 Å². The minimum Gasteiger partial charge on any atom is -0.305 e. The summed E-state index contributed by atoms with van der Waals surface area (Å²) in [6.07, 6.45) is 5.51. The van der Waals surface area contributed by atoms with Crippen molar-refractivity contribution in [2.75, 3.05) is 11.9 Å². The van der Waals surface area contributed by atoms with Crippen molar-refractivity contribution in [2.24, 2.45) is 0 Å². The number of anilines is 1. The molecular formula is C20H16FN3OS. The van der Waals surface area contributed by atoms with Crippen LogP contribution in [0.4, 0.5) is 14.9 Å². The number of nitrogens with zero attached hydrogens (tertiary/aromatic N) is 2. The third kappa shape index (κ3) is 3.11. The van der Waals surface area contributed by atoms with Crippen molar-refractivity contribution in [1.29, 1.82) is 0 Å². The van der Waals surface area contributed by atoms with Crippen LogP contribution in [-0.4, -0.2) is 22.5 Å². The van der Waals surface area contributed by atoms with E-state index in [1.165, 1.54) is 17.0 Å². The van der Waals surface area contributed by atoms with Gasteiger partial charge in [0.15, 0.2) is 0 Å². The predicted molar refractivity (Wildman–Crippen MR) is 104 cm³/mol. The van der Waals surface area contributed by atoms with Crippen molar-refractivity contribution < 1.29 is 9.18 Å². The highest BCUT2D eigenvalue weighted by atomic mass is 32.1. The average Bonchev–Trinajstić information content (AvgIpc) is 3.10. The van der Waals surface area contributed by atoms with Gasteiger partial charge in [-0.1, -0.05) is 18.2 Å². The maximum Gasteiger partial charge on any atom is 0.326 e. The Morgan fingerprint density at radius 3 is 3.00 bits per heavy atom. The number of nitrogens with one attached hydrogen (secondary N) is 1. The van der Waals surface area contributed by atoms with E-state index in [-0.39, 0.29) is 11.7 Å². The zero-order valence-corrected chi connectivity index (χ0v) is 14.9. The van der Waals surface area contributed by atoms with Gasteiger partial charge in [-0.3, -0.25) is 4.90 Å². The van der Waals surface area contributed by atoms with Crippen molar-refractivity contribution in [2.45, 2.75) is 6.92 Å². The molecule has 6 heteroatoms. The topological polar surface area (TPSA) is 45.2 Å². The van der Waals surface area contributed by atoms with Crippen molar-refractivity contribution in [1.82, 2.24) is 9.88 Å². The quantitative estimate of drug-likeness (QED) is 0.679. The second-order valence-electron chi connectivity index (χ2n) is 6.06. The number of aromatic nitrogens is 1. The summed E-state index contributed by atoms with van der Waals surface area (Å²) in [5, 5.41) is 2.61. The van der Waals surface area contributed by atoms with E-state index in [0.717, 1.165) is 26.9 Å². The molecule has 26 heavy (non-hydrogen) atoms. The van der Waals surface area contributed by atoms with Gasteiger partial charge < -0.3 is 5.32 Å². The number of para-hydroxylation sites is 1. The Morgan fingerprint density at radius 2 is 2.15 bits per heavy atom. The average molecular weight is 365 g/mol. The van der Waals surface area contributed by atoms with Crippen LogP contribution in [0.2, 0.25) is 0 Å². The Hall–Kier alpha value is -2.99. The highest BCUT2D eigenvalue weighted by Gasteiger charge is 2.18. The number of carbonyl (C=O) groups excluding carboxylic acids is 1. The molecule has 2 aromatic carbocycles. The smallest absolute Gasteiger partial charge is 0.305 e. The summed E-state index contributed by atoms with van der Waals surface area (Å²) in [6, 6.07) is 9.93. The molecule has 3 aromatic rings. The van der Waals surface area contributed by atoms with E-state index in [4.69, 9.17) is 0 Å². The summed E-state index contributed by atoms with van der Waals surface area (Å²) in [5.41, 5.74) is 6.17. The number of aryl methyl sites for hydroxylation is 1. The zero-order valence-electron chi connectivity index (χ0n) is 14.1.